The summed E-state index contributed by atoms with van der Waals surface area (Å²) in [6.07, 6.45) is 5.67. The van der Waals surface area contributed by atoms with Crippen molar-refractivity contribution >= 4 is 44.9 Å². The number of hydrazone groups is 1. The number of fused-ring (bicyclic) bond motifs is 1. The lowest BCUT2D eigenvalue weighted by atomic mass is 10.0. The van der Waals surface area contributed by atoms with Crippen LogP contribution >= 0.6 is 22.7 Å². The van der Waals surface area contributed by atoms with E-state index in [4.69, 9.17) is 0 Å². The molecule has 3 aromatic heterocycles. The SMILES string of the molecule is CCCC(C)c1cc2c(N/N=C/c3nc(CNC)cs3)ncnc2s1. The summed E-state index contributed by atoms with van der Waals surface area (Å²) in [4.78, 5) is 15.6. The summed E-state index contributed by atoms with van der Waals surface area (Å²) in [5.41, 5.74) is 4.06. The maximum atomic E-state index is 4.48. The van der Waals surface area contributed by atoms with Crippen LogP contribution in [0.2, 0.25) is 0 Å². The minimum absolute atomic E-state index is 0.543. The average molecular weight is 375 g/mol. The Balaban J connectivity index is 1.75. The molecule has 3 aromatic rings. The summed E-state index contributed by atoms with van der Waals surface area (Å²) in [6.45, 7) is 5.24. The van der Waals surface area contributed by atoms with E-state index in [1.54, 1.807) is 35.2 Å². The van der Waals surface area contributed by atoms with Gasteiger partial charge in [0.2, 0.25) is 0 Å². The molecular weight excluding hydrogens is 352 g/mol. The highest BCUT2D eigenvalue weighted by Gasteiger charge is 2.12. The topological polar surface area (TPSA) is 75.1 Å². The Bertz CT molecular complexity index is 854. The molecule has 0 bridgehead atoms. The molecule has 2 N–H and O–H groups in total. The van der Waals surface area contributed by atoms with Crippen molar-refractivity contribution in [3.05, 3.63) is 33.4 Å². The van der Waals surface area contributed by atoms with E-state index in [2.05, 4.69) is 50.7 Å². The monoisotopic (exact) mass is 374 g/mol. The van der Waals surface area contributed by atoms with Gasteiger partial charge in [-0.3, -0.25) is 5.43 Å². The molecule has 0 radical (unpaired) electrons. The zero-order valence-corrected chi connectivity index (χ0v) is 16.2. The predicted octanol–water partition coefficient (Wildman–Crippen LogP) is 4.22. The van der Waals surface area contributed by atoms with Crippen LogP contribution in [0, 0.1) is 0 Å². The Morgan fingerprint density at radius 3 is 3.04 bits per heavy atom. The zero-order valence-electron chi connectivity index (χ0n) is 14.6. The van der Waals surface area contributed by atoms with Crippen molar-refractivity contribution in [1.29, 1.82) is 0 Å². The van der Waals surface area contributed by atoms with E-state index in [0.29, 0.717) is 5.92 Å². The Labute approximate surface area is 155 Å². The molecule has 132 valence electrons. The predicted molar refractivity (Wildman–Crippen MR) is 107 cm³/mol. The van der Waals surface area contributed by atoms with Crippen LogP contribution in [0.3, 0.4) is 0 Å². The second-order valence-corrected chi connectivity index (χ2v) is 7.81. The first-order chi connectivity index (χ1) is 12.2. The van der Waals surface area contributed by atoms with E-state index in [0.717, 1.165) is 33.3 Å². The molecule has 1 unspecified atom stereocenters. The van der Waals surface area contributed by atoms with Crippen LogP contribution in [0.1, 0.15) is 48.2 Å². The number of thiazole rings is 1. The fraction of sp³-hybridized carbons (Fsp3) is 0.412. The standard InChI is InChI=1S/C17H22N6S2/c1-4-5-11(2)14-6-13-16(19-10-20-17(13)25-14)23-21-8-15-22-12(7-18-3)9-24-15/h6,8-11,18H,4-5,7H2,1-3H3,(H,19,20,23)/b21-8+. The van der Waals surface area contributed by atoms with E-state index in [9.17, 15) is 0 Å². The Morgan fingerprint density at radius 2 is 2.24 bits per heavy atom. The summed E-state index contributed by atoms with van der Waals surface area (Å²) in [7, 11) is 1.91. The number of nitrogens with zero attached hydrogens (tertiary/aromatic N) is 4. The number of rotatable bonds is 8. The molecule has 6 nitrogen and oxygen atoms in total. The molecule has 0 aliphatic rings. The first-order valence-corrected chi connectivity index (χ1v) is 10.0. The highest BCUT2D eigenvalue weighted by molar-refractivity contribution is 7.18. The number of hydrogen-bond acceptors (Lipinski definition) is 8. The molecule has 0 aliphatic carbocycles. The molecular formula is C17H22N6S2. The van der Waals surface area contributed by atoms with Crippen LogP contribution < -0.4 is 10.7 Å². The molecule has 1 atom stereocenters. The molecule has 0 spiro atoms. The first kappa shape index (κ1) is 17.9. The third-order valence-electron chi connectivity index (χ3n) is 3.83. The van der Waals surface area contributed by atoms with Crippen LogP contribution in [-0.4, -0.2) is 28.2 Å². The molecule has 0 amide bonds. The lowest BCUT2D eigenvalue weighted by Gasteiger charge is -2.05. The molecule has 3 heterocycles. The van der Waals surface area contributed by atoms with Gasteiger partial charge in [0.15, 0.2) is 5.82 Å². The van der Waals surface area contributed by atoms with Gasteiger partial charge >= 0.3 is 0 Å². The number of anilines is 1. The first-order valence-electron chi connectivity index (χ1n) is 8.33. The Hall–Kier alpha value is -1.90. The largest absolute Gasteiger partial charge is 0.314 e. The van der Waals surface area contributed by atoms with Crippen molar-refractivity contribution in [3.8, 4) is 0 Å². The van der Waals surface area contributed by atoms with Gasteiger partial charge < -0.3 is 5.32 Å². The van der Waals surface area contributed by atoms with Crippen LogP contribution in [0.4, 0.5) is 5.82 Å². The normalized spacial score (nSPS) is 12.9. The molecule has 0 aliphatic heterocycles. The third kappa shape index (κ3) is 4.39. The van der Waals surface area contributed by atoms with Gasteiger partial charge in [-0.25, -0.2) is 15.0 Å². The number of nitrogens with one attached hydrogen (secondary N) is 2. The van der Waals surface area contributed by atoms with Gasteiger partial charge in [-0.15, -0.1) is 22.7 Å². The lowest BCUT2D eigenvalue weighted by Crippen LogP contribution is -2.05. The summed E-state index contributed by atoms with van der Waals surface area (Å²) in [5.74, 6) is 1.28. The lowest BCUT2D eigenvalue weighted by molar-refractivity contribution is 0.675. The molecule has 0 saturated heterocycles. The van der Waals surface area contributed by atoms with Crippen molar-refractivity contribution in [3.63, 3.8) is 0 Å². The molecule has 3 rings (SSSR count). The summed E-state index contributed by atoms with van der Waals surface area (Å²) < 4.78 is 0. The zero-order chi connectivity index (χ0) is 17.6. The van der Waals surface area contributed by atoms with Crippen LogP contribution in [0.15, 0.2) is 22.9 Å². The van der Waals surface area contributed by atoms with Gasteiger partial charge in [0, 0.05) is 16.8 Å². The van der Waals surface area contributed by atoms with E-state index >= 15 is 0 Å². The van der Waals surface area contributed by atoms with E-state index < -0.39 is 0 Å². The Morgan fingerprint density at radius 1 is 1.36 bits per heavy atom. The maximum absolute atomic E-state index is 4.48. The minimum atomic E-state index is 0.543. The van der Waals surface area contributed by atoms with Crippen molar-refractivity contribution in [2.45, 2.75) is 39.2 Å². The fourth-order valence-electron chi connectivity index (χ4n) is 2.57. The number of aromatic nitrogens is 3. The quantitative estimate of drug-likeness (QED) is 0.456. The van der Waals surface area contributed by atoms with E-state index in [1.165, 1.54) is 17.7 Å². The van der Waals surface area contributed by atoms with Crippen molar-refractivity contribution < 1.29 is 0 Å². The molecule has 0 saturated carbocycles. The van der Waals surface area contributed by atoms with Crippen molar-refractivity contribution in [2.75, 3.05) is 12.5 Å². The number of hydrogen-bond donors (Lipinski definition) is 2. The fourth-order valence-corrected chi connectivity index (χ4v) is 4.34. The van der Waals surface area contributed by atoms with E-state index in [1.807, 2.05) is 12.4 Å². The molecule has 0 fully saturated rings. The third-order valence-corrected chi connectivity index (χ3v) is 5.93. The summed E-state index contributed by atoms with van der Waals surface area (Å²) in [6, 6.07) is 2.19. The highest BCUT2D eigenvalue weighted by atomic mass is 32.1. The van der Waals surface area contributed by atoms with Gasteiger partial charge in [-0.1, -0.05) is 20.3 Å². The van der Waals surface area contributed by atoms with Gasteiger partial charge in [0.25, 0.3) is 0 Å². The van der Waals surface area contributed by atoms with Gasteiger partial charge in [0.1, 0.15) is 16.2 Å². The van der Waals surface area contributed by atoms with Gasteiger partial charge in [-0.05, 0) is 25.5 Å². The minimum Gasteiger partial charge on any atom is -0.314 e. The molecule has 0 aromatic carbocycles. The highest BCUT2D eigenvalue weighted by Crippen LogP contribution is 2.34. The van der Waals surface area contributed by atoms with Crippen LogP contribution in [0.25, 0.3) is 10.2 Å². The van der Waals surface area contributed by atoms with Crippen LogP contribution in [0.5, 0.6) is 0 Å². The molecule has 8 heteroatoms. The van der Waals surface area contributed by atoms with Gasteiger partial charge in [-0.2, -0.15) is 5.10 Å². The number of thiophene rings is 1. The second-order valence-electron chi connectivity index (χ2n) is 5.86. The summed E-state index contributed by atoms with van der Waals surface area (Å²) in [5, 5.41) is 11.3. The average Bonchev–Trinajstić information content (AvgIpc) is 3.23. The Kier molecular flexibility index (Phi) is 6.06. The molecule has 25 heavy (non-hydrogen) atoms. The smallest absolute Gasteiger partial charge is 0.158 e. The van der Waals surface area contributed by atoms with Gasteiger partial charge in [0.05, 0.1) is 17.3 Å². The van der Waals surface area contributed by atoms with Crippen molar-refractivity contribution in [1.82, 2.24) is 20.3 Å². The maximum Gasteiger partial charge on any atom is 0.158 e. The summed E-state index contributed by atoms with van der Waals surface area (Å²) >= 11 is 3.31. The van der Waals surface area contributed by atoms with Crippen LogP contribution in [-0.2, 0) is 6.54 Å². The van der Waals surface area contributed by atoms with Crippen molar-refractivity contribution in [2.24, 2.45) is 5.10 Å². The second kappa shape index (κ2) is 8.46. The van der Waals surface area contributed by atoms with E-state index in [-0.39, 0.29) is 0 Å².